The third-order valence-electron chi connectivity index (χ3n) is 6.47. The summed E-state index contributed by atoms with van der Waals surface area (Å²) in [6.07, 6.45) is 0. The van der Waals surface area contributed by atoms with Gasteiger partial charge in [0.25, 0.3) is 0 Å². The number of anilines is 3. The Morgan fingerprint density at radius 3 is 1.29 bits per heavy atom. The van der Waals surface area contributed by atoms with Crippen molar-refractivity contribution in [2.75, 3.05) is 4.90 Å². The van der Waals surface area contributed by atoms with Crippen LogP contribution in [-0.2, 0) is 0 Å². The van der Waals surface area contributed by atoms with Crippen molar-refractivity contribution >= 4 is 27.8 Å². The molecule has 6 aromatic carbocycles. The van der Waals surface area contributed by atoms with Gasteiger partial charge in [-0.25, -0.2) is 0 Å². The van der Waals surface area contributed by atoms with Crippen molar-refractivity contribution in [3.8, 4) is 22.3 Å². The molecular formula is C34H25N. The second-order valence-electron chi connectivity index (χ2n) is 8.66. The maximum Gasteiger partial charge on any atom is 0.0540 e. The summed E-state index contributed by atoms with van der Waals surface area (Å²) in [4.78, 5) is 2.35. The van der Waals surface area contributed by atoms with E-state index in [0.717, 1.165) is 11.4 Å². The van der Waals surface area contributed by atoms with Crippen LogP contribution in [0.4, 0.5) is 17.1 Å². The molecule has 0 amide bonds. The predicted molar refractivity (Wildman–Crippen MR) is 150 cm³/mol. The molecule has 0 heterocycles. The monoisotopic (exact) mass is 447 g/mol. The maximum atomic E-state index is 2.35. The van der Waals surface area contributed by atoms with Crippen molar-refractivity contribution in [3.63, 3.8) is 0 Å². The molecule has 6 rings (SSSR count). The Bertz CT molecular complexity index is 1460. The number of rotatable bonds is 5. The molecule has 6 aromatic rings. The first-order chi connectivity index (χ1) is 17.4. The smallest absolute Gasteiger partial charge is 0.0540 e. The van der Waals surface area contributed by atoms with Gasteiger partial charge in [0.1, 0.15) is 0 Å². The molecule has 0 saturated carbocycles. The van der Waals surface area contributed by atoms with Crippen LogP contribution in [0.3, 0.4) is 0 Å². The highest BCUT2D eigenvalue weighted by atomic mass is 15.1. The Kier molecular flexibility index (Phi) is 5.58. The Morgan fingerprint density at radius 2 is 0.743 bits per heavy atom. The molecule has 35 heavy (non-hydrogen) atoms. The number of benzene rings is 6. The highest BCUT2D eigenvalue weighted by molar-refractivity contribution is 5.99. The van der Waals surface area contributed by atoms with Crippen LogP contribution in [0.25, 0.3) is 33.0 Å². The fraction of sp³-hybridized carbons (Fsp3) is 0. The van der Waals surface area contributed by atoms with Gasteiger partial charge in [-0.15, -0.1) is 0 Å². The topological polar surface area (TPSA) is 3.24 Å². The fourth-order valence-electron chi connectivity index (χ4n) is 4.70. The zero-order chi connectivity index (χ0) is 23.5. The SMILES string of the molecule is c1ccc(-c2ccc(N(c3ccc(-c4ccccc4)cc3)c3cccc4ccccc34)cc2)cc1. The predicted octanol–water partition coefficient (Wildman–Crippen LogP) is 9.64. The molecule has 0 radical (unpaired) electrons. The van der Waals surface area contributed by atoms with Gasteiger partial charge in [-0.05, 0) is 58.0 Å². The Labute approximate surface area is 206 Å². The third-order valence-corrected chi connectivity index (χ3v) is 6.47. The van der Waals surface area contributed by atoms with E-state index in [0.29, 0.717) is 0 Å². The summed E-state index contributed by atoms with van der Waals surface area (Å²) in [6, 6.07) is 53.9. The highest BCUT2D eigenvalue weighted by Crippen LogP contribution is 2.40. The first-order valence-electron chi connectivity index (χ1n) is 12.0. The van der Waals surface area contributed by atoms with E-state index in [1.807, 2.05) is 0 Å². The van der Waals surface area contributed by atoms with Crippen molar-refractivity contribution in [1.82, 2.24) is 0 Å². The van der Waals surface area contributed by atoms with Crippen LogP contribution < -0.4 is 4.90 Å². The van der Waals surface area contributed by atoms with Crippen LogP contribution in [0.5, 0.6) is 0 Å². The lowest BCUT2D eigenvalue weighted by atomic mass is 10.0. The molecule has 0 aliphatic carbocycles. The summed E-state index contributed by atoms with van der Waals surface area (Å²) >= 11 is 0. The van der Waals surface area contributed by atoms with Gasteiger partial charge in [0.05, 0.1) is 5.69 Å². The van der Waals surface area contributed by atoms with Crippen molar-refractivity contribution < 1.29 is 0 Å². The molecule has 0 aromatic heterocycles. The van der Waals surface area contributed by atoms with E-state index < -0.39 is 0 Å². The van der Waals surface area contributed by atoms with Gasteiger partial charge in [0.15, 0.2) is 0 Å². The van der Waals surface area contributed by atoms with Crippen LogP contribution >= 0.6 is 0 Å². The van der Waals surface area contributed by atoms with Gasteiger partial charge in [-0.2, -0.15) is 0 Å². The molecule has 0 saturated heterocycles. The summed E-state index contributed by atoms with van der Waals surface area (Å²) in [5, 5.41) is 2.46. The van der Waals surface area contributed by atoms with Crippen LogP contribution in [-0.4, -0.2) is 0 Å². The Morgan fingerprint density at radius 1 is 0.314 bits per heavy atom. The van der Waals surface area contributed by atoms with E-state index in [9.17, 15) is 0 Å². The molecule has 0 N–H and O–H groups in total. The van der Waals surface area contributed by atoms with Crippen LogP contribution in [0.15, 0.2) is 152 Å². The van der Waals surface area contributed by atoms with Crippen molar-refractivity contribution in [2.45, 2.75) is 0 Å². The number of hydrogen-bond acceptors (Lipinski definition) is 1. The van der Waals surface area contributed by atoms with E-state index in [4.69, 9.17) is 0 Å². The summed E-state index contributed by atoms with van der Waals surface area (Å²) in [5.74, 6) is 0. The molecule has 166 valence electrons. The lowest BCUT2D eigenvalue weighted by molar-refractivity contribution is 1.30. The molecule has 0 spiro atoms. The summed E-state index contributed by atoms with van der Waals surface area (Å²) in [5.41, 5.74) is 8.31. The van der Waals surface area contributed by atoms with Gasteiger partial charge in [0, 0.05) is 16.8 Å². The molecular weight excluding hydrogens is 422 g/mol. The summed E-state index contributed by atoms with van der Waals surface area (Å²) in [7, 11) is 0. The van der Waals surface area contributed by atoms with Crippen molar-refractivity contribution in [3.05, 3.63) is 152 Å². The zero-order valence-corrected chi connectivity index (χ0v) is 19.4. The van der Waals surface area contributed by atoms with Gasteiger partial charge in [0.2, 0.25) is 0 Å². The lowest BCUT2D eigenvalue weighted by Gasteiger charge is -2.27. The van der Waals surface area contributed by atoms with Crippen LogP contribution in [0.1, 0.15) is 0 Å². The standard InChI is InChI=1S/C34H25N/c1-3-10-26(11-4-1)28-18-22-31(23-19-28)35(34-17-9-15-30-14-7-8-16-33(30)34)32-24-20-29(21-25-32)27-12-5-2-6-13-27/h1-25H. The van der Waals surface area contributed by atoms with Gasteiger partial charge < -0.3 is 4.90 Å². The van der Waals surface area contributed by atoms with Gasteiger partial charge >= 0.3 is 0 Å². The molecule has 0 atom stereocenters. The average Bonchev–Trinajstić information content (AvgIpc) is 2.95. The highest BCUT2D eigenvalue weighted by Gasteiger charge is 2.15. The molecule has 1 heteroatoms. The van der Waals surface area contributed by atoms with E-state index in [1.54, 1.807) is 0 Å². The molecule has 0 aliphatic rings. The first kappa shape index (κ1) is 20.9. The molecule has 0 aliphatic heterocycles. The van der Waals surface area contributed by atoms with E-state index >= 15 is 0 Å². The minimum atomic E-state index is 1.13. The molecule has 0 unspecified atom stereocenters. The molecule has 0 fully saturated rings. The zero-order valence-electron chi connectivity index (χ0n) is 19.4. The van der Waals surface area contributed by atoms with E-state index in [1.165, 1.54) is 38.7 Å². The Balaban J connectivity index is 1.47. The molecule has 1 nitrogen and oxygen atoms in total. The normalized spacial score (nSPS) is 10.9. The lowest BCUT2D eigenvalue weighted by Crippen LogP contribution is -2.10. The minimum absolute atomic E-state index is 1.13. The Hall–Kier alpha value is -4.62. The fourth-order valence-corrected chi connectivity index (χ4v) is 4.70. The number of fused-ring (bicyclic) bond motifs is 1. The van der Waals surface area contributed by atoms with Gasteiger partial charge in [-0.3, -0.25) is 0 Å². The number of hydrogen-bond donors (Lipinski definition) is 0. The largest absolute Gasteiger partial charge is 0.310 e. The third kappa shape index (κ3) is 4.20. The maximum absolute atomic E-state index is 2.35. The average molecular weight is 448 g/mol. The second-order valence-corrected chi connectivity index (χ2v) is 8.66. The summed E-state index contributed by atoms with van der Waals surface area (Å²) in [6.45, 7) is 0. The molecule has 0 bridgehead atoms. The van der Waals surface area contributed by atoms with Crippen molar-refractivity contribution in [1.29, 1.82) is 0 Å². The number of nitrogens with zero attached hydrogens (tertiary/aromatic N) is 1. The van der Waals surface area contributed by atoms with Crippen LogP contribution in [0, 0.1) is 0 Å². The first-order valence-corrected chi connectivity index (χ1v) is 12.0. The summed E-state index contributed by atoms with van der Waals surface area (Å²) < 4.78 is 0. The van der Waals surface area contributed by atoms with E-state index in [-0.39, 0.29) is 0 Å². The minimum Gasteiger partial charge on any atom is -0.310 e. The van der Waals surface area contributed by atoms with Gasteiger partial charge in [-0.1, -0.05) is 121 Å². The quantitative estimate of drug-likeness (QED) is 0.254. The van der Waals surface area contributed by atoms with E-state index in [2.05, 4.69) is 157 Å². The second kappa shape index (κ2) is 9.32. The van der Waals surface area contributed by atoms with Crippen molar-refractivity contribution in [2.24, 2.45) is 0 Å². The van der Waals surface area contributed by atoms with Crippen LogP contribution in [0.2, 0.25) is 0 Å².